The third-order valence-electron chi connectivity index (χ3n) is 7.15. The Labute approximate surface area is 227 Å². The Hall–Kier alpha value is -2.07. The maximum atomic E-state index is 13.4. The van der Waals surface area contributed by atoms with E-state index in [9.17, 15) is 19.5 Å². The summed E-state index contributed by atoms with van der Waals surface area (Å²) in [6, 6.07) is 8.63. The summed E-state index contributed by atoms with van der Waals surface area (Å²) in [5.41, 5.74) is 0.780. The molecule has 2 aliphatic rings. The fourth-order valence-corrected chi connectivity index (χ4v) is 5.42. The first-order chi connectivity index (χ1) is 17.7. The molecule has 8 nitrogen and oxygen atoms in total. The molecule has 0 aromatic heterocycles. The Bertz CT molecular complexity index is 969. The van der Waals surface area contributed by atoms with Crippen LogP contribution in [0.3, 0.4) is 0 Å². The largest absolute Gasteiger partial charge is 0.439 e. The molecule has 0 bridgehead atoms. The number of aliphatic hydroxyl groups excluding tert-OH is 1. The standard InChI is InChI=1S/C28H38BrNO7/c1-19(26(33)30-20(2)25(36-27(30)34)21-14-10-9-11-15-21)24-22(32)18-23(29)28(35,37-24)16-12-7-5-3-4-6-8-13-17-31/h9-11,14-15,18-20,24-25,31,35H,3-8,12-13,16-17H2,1-2H3/t19-,20-,24-,25-,28+/m1/s1. The summed E-state index contributed by atoms with van der Waals surface area (Å²) in [6.45, 7) is 3.51. The van der Waals surface area contributed by atoms with Crippen molar-refractivity contribution in [3.05, 3.63) is 46.5 Å². The molecular weight excluding hydrogens is 542 g/mol. The average Bonchev–Trinajstić information content (AvgIpc) is 3.18. The number of aliphatic hydroxyl groups is 2. The number of amides is 2. The SMILES string of the molecule is C[C@@H]1[C@H](c2ccccc2)OC(=O)N1C(=O)[C@H](C)[C@H]1O[C@@](O)(CCCCCCCCCCO)C(Br)=CC1=O. The molecule has 1 fully saturated rings. The van der Waals surface area contributed by atoms with Crippen LogP contribution in [0.5, 0.6) is 0 Å². The van der Waals surface area contributed by atoms with Gasteiger partial charge in [0.05, 0.1) is 16.4 Å². The van der Waals surface area contributed by atoms with E-state index in [1.807, 2.05) is 30.3 Å². The number of nitrogens with zero attached hydrogens (tertiary/aromatic N) is 1. The topological polar surface area (TPSA) is 113 Å². The Kier molecular flexibility index (Phi) is 10.9. The van der Waals surface area contributed by atoms with E-state index in [0.29, 0.717) is 6.42 Å². The first kappa shape index (κ1) is 29.5. The highest BCUT2D eigenvalue weighted by Crippen LogP contribution is 2.38. The lowest BCUT2D eigenvalue weighted by Gasteiger charge is -2.37. The van der Waals surface area contributed by atoms with Crippen LogP contribution in [0.1, 0.15) is 83.3 Å². The number of hydrogen-bond donors (Lipinski definition) is 2. The monoisotopic (exact) mass is 579 g/mol. The van der Waals surface area contributed by atoms with E-state index < -0.39 is 47.7 Å². The number of ether oxygens (including phenoxy) is 2. The molecule has 3 rings (SSSR count). The lowest BCUT2D eigenvalue weighted by molar-refractivity contribution is -0.217. The number of carbonyl (C=O) groups excluding carboxylic acids is 3. The quantitative estimate of drug-likeness (QED) is 0.310. The highest BCUT2D eigenvalue weighted by atomic mass is 79.9. The van der Waals surface area contributed by atoms with Gasteiger partial charge in [-0.1, -0.05) is 75.8 Å². The molecule has 2 heterocycles. The van der Waals surface area contributed by atoms with Crippen molar-refractivity contribution in [3.63, 3.8) is 0 Å². The molecule has 2 aliphatic heterocycles. The minimum absolute atomic E-state index is 0.239. The Balaban J connectivity index is 1.57. The van der Waals surface area contributed by atoms with Crippen LogP contribution in [0.25, 0.3) is 0 Å². The van der Waals surface area contributed by atoms with E-state index in [1.54, 1.807) is 6.92 Å². The van der Waals surface area contributed by atoms with Crippen molar-refractivity contribution in [3.8, 4) is 0 Å². The highest BCUT2D eigenvalue weighted by Gasteiger charge is 2.49. The van der Waals surface area contributed by atoms with Crippen molar-refractivity contribution in [2.24, 2.45) is 5.92 Å². The predicted octanol–water partition coefficient (Wildman–Crippen LogP) is 5.17. The fourth-order valence-electron chi connectivity index (χ4n) is 4.90. The zero-order chi connectivity index (χ0) is 27.0. The number of hydrogen-bond acceptors (Lipinski definition) is 7. The lowest BCUT2D eigenvalue weighted by Crippen LogP contribution is -2.51. The van der Waals surface area contributed by atoms with Crippen molar-refractivity contribution < 1.29 is 34.1 Å². The third-order valence-corrected chi connectivity index (χ3v) is 8.00. The molecule has 0 radical (unpaired) electrons. The van der Waals surface area contributed by atoms with Crippen LogP contribution < -0.4 is 0 Å². The van der Waals surface area contributed by atoms with Gasteiger partial charge in [0.25, 0.3) is 0 Å². The van der Waals surface area contributed by atoms with Crippen LogP contribution in [0.4, 0.5) is 4.79 Å². The van der Waals surface area contributed by atoms with E-state index in [4.69, 9.17) is 14.6 Å². The van der Waals surface area contributed by atoms with Crippen LogP contribution in [0, 0.1) is 5.92 Å². The van der Waals surface area contributed by atoms with Gasteiger partial charge >= 0.3 is 6.09 Å². The zero-order valence-electron chi connectivity index (χ0n) is 21.6. The number of ketones is 1. The van der Waals surface area contributed by atoms with Crippen molar-refractivity contribution in [2.45, 2.75) is 95.7 Å². The fraction of sp³-hybridized carbons (Fsp3) is 0.607. The second kappa shape index (κ2) is 13.6. The number of halogens is 1. The molecule has 2 N–H and O–H groups in total. The minimum atomic E-state index is -1.71. The van der Waals surface area contributed by atoms with Gasteiger partial charge in [-0.15, -0.1) is 0 Å². The van der Waals surface area contributed by atoms with E-state index in [-0.39, 0.29) is 17.5 Å². The van der Waals surface area contributed by atoms with Crippen molar-refractivity contribution in [1.29, 1.82) is 0 Å². The summed E-state index contributed by atoms with van der Waals surface area (Å²) in [5.74, 6) is -3.73. The molecule has 1 aromatic carbocycles. The summed E-state index contributed by atoms with van der Waals surface area (Å²) < 4.78 is 11.6. The molecule has 9 heteroatoms. The number of benzene rings is 1. The predicted molar refractivity (Wildman–Crippen MR) is 142 cm³/mol. The maximum absolute atomic E-state index is 13.4. The molecule has 0 spiro atoms. The number of rotatable bonds is 13. The number of cyclic esters (lactones) is 1. The third kappa shape index (κ3) is 7.28. The minimum Gasteiger partial charge on any atom is -0.439 e. The van der Waals surface area contributed by atoms with Crippen molar-refractivity contribution >= 4 is 33.7 Å². The second-order valence-corrected chi connectivity index (χ2v) is 10.8. The summed E-state index contributed by atoms with van der Waals surface area (Å²) in [6.07, 6.45) is 6.76. The molecule has 1 aromatic rings. The molecule has 0 saturated carbocycles. The van der Waals surface area contributed by atoms with Gasteiger partial charge in [0.15, 0.2) is 11.6 Å². The Morgan fingerprint density at radius 1 is 1.05 bits per heavy atom. The number of unbranched alkanes of at least 4 members (excludes halogenated alkanes) is 7. The van der Waals surface area contributed by atoms with E-state index in [2.05, 4.69) is 15.9 Å². The molecule has 1 saturated heterocycles. The molecule has 204 valence electrons. The second-order valence-electron chi connectivity index (χ2n) is 9.97. The van der Waals surface area contributed by atoms with E-state index >= 15 is 0 Å². The Morgan fingerprint density at radius 3 is 2.27 bits per heavy atom. The van der Waals surface area contributed by atoms with Gasteiger partial charge < -0.3 is 19.7 Å². The van der Waals surface area contributed by atoms with Gasteiger partial charge in [0.2, 0.25) is 5.91 Å². The van der Waals surface area contributed by atoms with Crippen LogP contribution in [0.2, 0.25) is 0 Å². The first-order valence-electron chi connectivity index (χ1n) is 13.2. The van der Waals surface area contributed by atoms with Crippen molar-refractivity contribution in [2.75, 3.05) is 6.61 Å². The van der Waals surface area contributed by atoms with Gasteiger partial charge in [0, 0.05) is 13.0 Å². The first-order valence-corrected chi connectivity index (χ1v) is 14.0. The summed E-state index contributed by atoms with van der Waals surface area (Å²) in [4.78, 5) is 39.8. The van der Waals surface area contributed by atoms with Gasteiger partial charge in [-0.3, -0.25) is 9.59 Å². The Morgan fingerprint density at radius 2 is 1.65 bits per heavy atom. The van der Waals surface area contributed by atoms with Crippen LogP contribution in [-0.2, 0) is 19.1 Å². The summed E-state index contributed by atoms with van der Waals surface area (Å²) >= 11 is 3.28. The maximum Gasteiger partial charge on any atom is 0.417 e. The smallest absolute Gasteiger partial charge is 0.417 e. The highest BCUT2D eigenvalue weighted by molar-refractivity contribution is 9.11. The molecule has 37 heavy (non-hydrogen) atoms. The summed E-state index contributed by atoms with van der Waals surface area (Å²) in [7, 11) is 0. The van der Waals surface area contributed by atoms with E-state index in [1.165, 1.54) is 13.0 Å². The van der Waals surface area contributed by atoms with Gasteiger partial charge in [0.1, 0.15) is 12.2 Å². The molecule has 0 aliphatic carbocycles. The van der Waals surface area contributed by atoms with Gasteiger partial charge in [-0.25, -0.2) is 9.69 Å². The van der Waals surface area contributed by atoms with Crippen LogP contribution in [0.15, 0.2) is 40.9 Å². The number of imide groups is 1. The molecule has 0 unspecified atom stereocenters. The van der Waals surface area contributed by atoms with E-state index in [0.717, 1.165) is 55.4 Å². The molecule has 2 amide bonds. The summed E-state index contributed by atoms with van der Waals surface area (Å²) in [5, 5.41) is 20.0. The zero-order valence-corrected chi connectivity index (χ0v) is 23.2. The lowest BCUT2D eigenvalue weighted by atomic mass is 9.93. The van der Waals surface area contributed by atoms with Gasteiger partial charge in [-0.2, -0.15) is 0 Å². The van der Waals surface area contributed by atoms with Crippen LogP contribution >= 0.6 is 15.9 Å². The van der Waals surface area contributed by atoms with Gasteiger partial charge in [-0.05, 0) is 47.3 Å². The number of carbonyl (C=O) groups is 3. The average molecular weight is 581 g/mol. The molecular formula is C28H38BrNO7. The van der Waals surface area contributed by atoms with Crippen LogP contribution in [-0.4, -0.2) is 57.4 Å². The normalized spacial score (nSPS) is 26.7. The molecule has 5 atom stereocenters. The van der Waals surface area contributed by atoms with Crippen molar-refractivity contribution in [1.82, 2.24) is 4.90 Å².